The van der Waals surface area contributed by atoms with Crippen LogP contribution in [0.15, 0.2) is 72.9 Å². The van der Waals surface area contributed by atoms with Crippen LogP contribution < -0.4 is 20.1 Å². The molecule has 0 saturated carbocycles. The molecule has 4 rings (SSSR count). The Morgan fingerprint density at radius 3 is 2.69 bits per heavy atom. The molecule has 0 spiro atoms. The van der Waals surface area contributed by atoms with Gasteiger partial charge >= 0.3 is 0 Å². The van der Waals surface area contributed by atoms with E-state index in [0.29, 0.717) is 43.4 Å². The van der Waals surface area contributed by atoms with E-state index in [-0.39, 0.29) is 18.4 Å². The fourth-order valence-electron chi connectivity index (χ4n) is 3.97. The van der Waals surface area contributed by atoms with Gasteiger partial charge in [-0.3, -0.25) is 9.59 Å². The Labute approximate surface area is 211 Å². The van der Waals surface area contributed by atoms with Crippen molar-refractivity contribution in [1.29, 1.82) is 0 Å². The molecule has 3 aromatic rings. The first-order chi connectivity index (χ1) is 17.7. The van der Waals surface area contributed by atoms with E-state index < -0.39 is 0 Å². The summed E-state index contributed by atoms with van der Waals surface area (Å²) in [4.78, 5) is 32.3. The zero-order chi connectivity index (χ0) is 25.0. The van der Waals surface area contributed by atoms with Crippen molar-refractivity contribution in [3.63, 3.8) is 0 Å². The minimum absolute atomic E-state index is 0.0296. The summed E-state index contributed by atoms with van der Waals surface area (Å²) in [6.45, 7) is 1.77. The molecule has 2 heterocycles. The van der Waals surface area contributed by atoms with Crippen LogP contribution in [0.1, 0.15) is 36.0 Å². The third-order valence-corrected chi connectivity index (χ3v) is 5.82. The van der Waals surface area contributed by atoms with Gasteiger partial charge in [0.05, 0.1) is 30.9 Å². The molecule has 8 heteroatoms. The van der Waals surface area contributed by atoms with Crippen molar-refractivity contribution in [2.75, 3.05) is 38.2 Å². The average molecular weight is 489 g/mol. The lowest BCUT2D eigenvalue weighted by Gasteiger charge is -2.24. The monoisotopic (exact) mass is 488 g/mol. The van der Waals surface area contributed by atoms with Crippen molar-refractivity contribution in [3.8, 4) is 11.5 Å². The summed E-state index contributed by atoms with van der Waals surface area (Å²) in [6, 6.07) is 20.5. The molecule has 0 fully saturated rings. The summed E-state index contributed by atoms with van der Waals surface area (Å²) < 4.78 is 11.6. The number of nitrogens with zero attached hydrogens (tertiary/aromatic N) is 2. The van der Waals surface area contributed by atoms with Crippen LogP contribution in [0.5, 0.6) is 11.5 Å². The number of pyridine rings is 1. The second kappa shape index (κ2) is 13.1. The molecule has 0 radical (unpaired) electrons. The molecule has 8 nitrogen and oxygen atoms in total. The minimum Gasteiger partial charge on any atom is -0.492 e. The lowest BCUT2D eigenvalue weighted by Crippen LogP contribution is -2.42. The number of benzene rings is 2. The van der Waals surface area contributed by atoms with Gasteiger partial charge in [0, 0.05) is 12.7 Å². The van der Waals surface area contributed by atoms with Crippen LogP contribution in [-0.4, -0.2) is 54.5 Å². The summed E-state index contributed by atoms with van der Waals surface area (Å²) in [5.41, 5.74) is 1.15. The highest BCUT2D eigenvalue weighted by molar-refractivity contribution is 6.01. The standard InChI is InChI=1S/C28H32N4O4/c33-26(29-17-20-35-22-11-4-3-5-12-22)21-32-18-8-1-2-9-19-36-25-15-7-6-14-24(25)31-27-23(28(32)34)13-10-16-30-27/h3-7,10-16H,1-2,8-9,17-21H2,(H,29,33)(H,30,31). The second-order valence-electron chi connectivity index (χ2n) is 8.52. The van der Waals surface area contributed by atoms with Crippen LogP contribution in [0.3, 0.4) is 0 Å². The molecule has 2 amide bonds. The molecule has 0 bridgehead atoms. The van der Waals surface area contributed by atoms with E-state index >= 15 is 0 Å². The summed E-state index contributed by atoms with van der Waals surface area (Å²) in [5, 5.41) is 6.11. The van der Waals surface area contributed by atoms with Crippen LogP contribution in [-0.2, 0) is 4.79 Å². The average Bonchev–Trinajstić information content (AvgIpc) is 2.91. The van der Waals surface area contributed by atoms with Gasteiger partial charge < -0.3 is 25.0 Å². The number of hydrogen-bond donors (Lipinski definition) is 2. The maximum Gasteiger partial charge on any atom is 0.258 e. The SMILES string of the molecule is O=C(CN1CCCCCCOc2ccccc2Nc2ncccc2C1=O)NCCOc1ccccc1. The molecule has 1 aromatic heterocycles. The van der Waals surface area contributed by atoms with Crippen LogP contribution in [0.2, 0.25) is 0 Å². The van der Waals surface area contributed by atoms with Crippen molar-refractivity contribution in [2.45, 2.75) is 25.7 Å². The first-order valence-electron chi connectivity index (χ1n) is 12.4. The van der Waals surface area contributed by atoms with E-state index in [1.165, 1.54) is 0 Å². The Morgan fingerprint density at radius 2 is 1.81 bits per heavy atom. The fourth-order valence-corrected chi connectivity index (χ4v) is 3.97. The highest BCUT2D eigenvalue weighted by Gasteiger charge is 2.22. The number of aromatic nitrogens is 1. The van der Waals surface area contributed by atoms with Crippen LogP contribution >= 0.6 is 0 Å². The Balaban J connectivity index is 1.44. The first kappa shape index (κ1) is 25.0. The van der Waals surface area contributed by atoms with Gasteiger partial charge in [-0.1, -0.05) is 43.2 Å². The quantitative estimate of drug-likeness (QED) is 0.499. The Morgan fingerprint density at radius 1 is 1.00 bits per heavy atom. The van der Waals surface area contributed by atoms with Crippen molar-refractivity contribution in [1.82, 2.24) is 15.2 Å². The zero-order valence-electron chi connectivity index (χ0n) is 20.3. The number of para-hydroxylation sites is 3. The van der Waals surface area contributed by atoms with Crippen molar-refractivity contribution >= 4 is 23.3 Å². The summed E-state index contributed by atoms with van der Waals surface area (Å²) >= 11 is 0. The first-order valence-corrected chi connectivity index (χ1v) is 12.4. The molecule has 1 aliphatic rings. The van der Waals surface area contributed by atoms with Gasteiger partial charge in [0.2, 0.25) is 5.91 Å². The van der Waals surface area contributed by atoms with Crippen molar-refractivity contribution in [3.05, 3.63) is 78.5 Å². The van der Waals surface area contributed by atoms with E-state index in [2.05, 4.69) is 15.6 Å². The predicted molar refractivity (Wildman–Crippen MR) is 139 cm³/mol. The summed E-state index contributed by atoms with van der Waals surface area (Å²) in [5.74, 6) is 1.43. The molecule has 36 heavy (non-hydrogen) atoms. The van der Waals surface area contributed by atoms with Gasteiger partial charge in [0.25, 0.3) is 5.91 Å². The maximum atomic E-state index is 13.6. The maximum absolute atomic E-state index is 13.6. The second-order valence-corrected chi connectivity index (χ2v) is 8.52. The molecule has 0 aliphatic carbocycles. The molecular weight excluding hydrogens is 456 g/mol. The van der Waals surface area contributed by atoms with Gasteiger partial charge in [-0.05, 0) is 49.2 Å². The number of ether oxygens (including phenoxy) is 2. The Kier molecular flexibility index (Phi) is 9.13. The highest BCUT2D eigenvalue weighted by Crippen LogP contribution is 2.29. The van der Waals surface area contributed by atoms with Gasteiger partial charge in [-0.15, -0.1) is 0 Å². The molecule has 188 valence electrons. The predicted octanol–water partition coefficient (Wildman–Crippen LogP) is 4.42. The normalized spacial score (nSPS) is 14.3. The number of hydrogen-bond acceptors (Lipinski definition) is 6. The van der Waals surface area contributed by atoms with E-state index in [4.69, 9.17) is 9.47 Å². The molecule has 1 aliphatic heterocycles. The number of amides is 2. The molecule has 2 N–H and O–H groups in total. The molecule has 0 atom stereocenters. The molecule has 0 unspecified atom stereocenters. The van der Waals surface area contributed by atoms with E-state index in [0.717, 1.165) is 37.1 Å². The molecular formula is C28H32N4O4. The van der Waals surface area contributed by atoms with Gasteiger partial charge in [0.1, 0.15) is 23.9 Å². The van der Waals surface area contributed by atoms with Crippen molar-refractivity contribution < 1.29 is 19.1 Å². The topological polar surface area (TPSA) is 92.8 Å². The number of rotatable bonds is 6. The molecule has 0 saturated heterocycles. The third-order valence-electron chi connectivity index (χ3n) is 5.82. The number of fused-ring (bicyclic) bond motifs is 2. The third kappa shape index (κ3) is 7.21. The van der Waals surface area contributed by atoms with Crippen LogP contribution in [0.25, 0.3) is 0 Å². The highest BCUT2D eigenvalue weighted by atomic mass is 16.5. The van der Waals surface area contributed by atoms with Gasteiger partial charge in [-0.2, -0.15) is 0 Å². The lowest BCUT2D eigenvalue weighted by atomic mass is 10.1. The molecule has 2 aromatic carbocycles. The largest absolute Gasteiger partial charge is 0.492 e. The van der Waals surface area contributed by atoms with E-state index in [9.17, 15) is 9.59 Å². The number of carbonyl (C=O) groups excluding carboxylic acids is 2. The lowest BCUT2D eigenvalue weighted by molar-refractivity contribution is -0.121. The van der Waals surface area contributed by atoms with E-state index in [1.807, 2.05) is 54.6 Å². The number of anilines is 2. The van der Waals surface area contributed by atoms with E-state index in [1.54, 1.807) is 23.2 Å². The van der Waals surface area contributed by atoms with Crippen molar-refractivity contribution in [2.24, 2.45) is 0 Å². The van der Waals surface area contributed by atoms with Gasteiger partial charge in [0.15, 0.2) is 0 Å². The van der Waals surface area contributed by atoms with Gasteiger partial charge in [-0.25, -0.2) is 4.98 Å². The van der Waals surface area contributed by atoms with Crippen LogP contribution in [0, 0.1) is 0 Å². The summed E-state index contributed by atoms with van der Waals surface area (Å²) in [6.07, 6.45) is 5.28. The smallest absolute Gasteiger partial charge is 0.258 e. The number of carbonyl (C=O) groups is 2. The number of nitrogens with one attached hydrogen (secondary N) is 2. The zero-order valence-corrected chi connectivity index (χ0v) is 20.3. The minimum atomic E-state index is -0.239. The summed E-state index contributed by atoms with van der Waals surface area (Å²) in [7, 11) is 0. The Bertz CT molecular complexity index is 1140. The fraction of sp³-hybridized carbons (Fsp3) is 0.321. The Hall–Kier alpha value is -4.07. The van der Waals surface area contributed by atoms with Crippen LogP contribution in [0.4, 0.5) is 11.5 Å².